The number of rotatable bonds is 3. The molecule has 0 unspecified atom stereocenters. The van der Waals surface area contributed by atoms with Crippen LogP contribution >= 0.6 is 35.1 Å². The van der Waals surface area contributed by atoms with Crippen LogP contribution in [0.2, 0.25) is 0 Å². The molecule has 0 amide bonds. The lowest BCUT2D eigenvalue weighted by molar-refractivity contribution is 0.164. The minimum absolute atomic E-state index is 0. The summed E-state index contributed by atoms with van der Waals surface area (Å²) in [5.41, 5.74) is 2.46. The summed E-state index contributed by atoms with van der Waals surface area (Å²) < 4.78 is 0. The summed E-state index contributed by atoms with van der Waals surface area (Å²) in [6, 6.07) is 2.74. The maximum atomic E-state index is 4.74. The molecule has 2 aromatic rings. The first-order valence-electron chi connectivity index (χ1n) is 6.24. The van der Waals surface area contributed by atoms with E-state index in [4.69, 9.17) is 4.98 Å². The van der Waals surface area contributed by atoms with Crippen LogP contribution < -0.4 is 5.32 Å². The van der Waals surface area contributed by atoms with E-state index in [1.54, 1.807) is 22.7 Å². The Morgan fingerprint density at radius 1 is 1.47 bits per heavy atom. The number of thiazole rings is 1. The summed E-state index contributed by atoms with van der Waals surface area (Å²) >= 11 is 3.48. The SMILES string of the molecule is C[C@@H]1CNCCN1Cc1csc(-c2ccsc2)n1.Cl. The van der Waals surface area contributed by atoms with Crippen LogP contribution in [0.5, 0.6) is 0 Å². The Labute approximate surface area is 128 Å². The molecule has 1 fully saturated rings. The van der Waals surface area contributed by atoms with Gasteiger partial charge in [-0.25, -0.2) is 4.98 Å². The second kappa shape index (κ2) is 6.81. The van der Waals surface area contributed by atoms with Crippen molar-refractivity contribution < 1.29 is 0 Å². The maximum Gasteiger partial charge on any atom is 0.124 e. The van der Waals surface area contributed by atoms with Crippen molar-refractivity contribution in [2.75, 3.05) is 19.6 Å². The van der Waals surface area contributed by atoms with Crippen LogP contribution in [0.25, 0.3) is 10.6 Å². The van der Waals surface area contributed by atoms with E-state index in [0.717, 1.165) is 31.2 Å². The van der Waals surface area contributed by atoms with Crippen LogP contribution in [-0.4, -0.2) is 35.6 Å². The van der Waals surface area contributed by atoms with Gasteiger partial charge in [-0.3, -0.25) is 4.90 Å². The molecule has 0 aliphatic carbocycles. The third kappa shape index (κ3) is 3.55. The average molecular weight is 316 g/mol. The zero-order chi connectivity index (χ0) is 12.4. The zero-order valence-corrected chi connectivity index (χ0v) is 13.3. The lowest BCUT2D eigenvalue weighted by Crippen LogP contribution is -2.49. The minimum Gasteiger partial charge on any atom is -0.314 e. The molecule has 3 nitrogen and oxygen atoms in total. The van der Waals surface area contributed by atoms with Gasteiger partial charge < -0.3 is 5.32 Å². The largest absolute Gasteiger partial charge is 0.314 e. The molecule has 3 rings (SSSR count). The van der Waals surface area contributed by atoms with Crippen molar-refractivity contribution in [2.45, 2.75) is 19.5 Å². The van der Waals surface area contributed by atoms with E-state index in [0.29, 0.717) is 6.04 Å². The monoisotopic (exact) mass is 315 g/mol. The Morgan fingerprint density at radius 2 is 2.37 bits per heavy atom. The van der Waals surface area contributed by atoms with E-state index in [1.807, 2.05) is 0 Å². The molecule has 1 atom stereocenters. The van der Waals surface area contributed by atoms with Gasteiger partial charge in [-0.05, 0) is 18.4 Å². The summed E-state index contributed by atoms with van der Waals surface area (Å²) in [4.78, 5) is 7.25. The minimum atomic E-state index is 0. The van der Waals surface area contributed by atoms with Gasteiger partial charge in [0.25, 0.3) is 0 Å². The van der Waals surface area contributed by atoms with Crippen LogP contribution in [-0.2, 0) is 6.54 Å². The predicted octanol–water partition coefficient (Wildman–Crippen LogP) is 3.09. The van der Waals surface area contributed by atoms with E-state index in [9.17, 15) is 0 Å². The Kier molecular flexibility index (Phi) is 5.36. The van der Waals surface area contributed by atoms with Gasteiger partial charge in [0.1, 0.15) is 5.01 Å². The fourth-order valence-corrected chi connectivity index (χ4v) is 3.75. The lowest BCUT2D eigenvalue weighted by Gasteiger charge is -2.33. The van der Waals surface area contributed by atoms with Crippen molar-refractivity contribution in [3.63, 3.8) is 0 Å². The summed E-state index contributed by atoms with van der Waals surface area (Å²) in [6.45, 7) is 6.54. The fraction of sp³-hybridized carbons (Fsp3) is 0.462. The molecule has 1 N–H and O–H groups in total. The van der Waals surface area contributed by atoms with Crippen molar-refractivity contribution in [2.24, 2.45) is 0 Å². The van der Waals surface area contributed by atoms with Crippen LogP contribution in [0.1, 0.15) is 12.6 Å². The lowest BCUT2D eigenvalue weighted by atomic mass is 10.2. The second-order valence-corrected chi connectivity index (χ2v) is 6.32. The van der Waals surface area contributed by atoms with Gasteiger partial charge in [0.05, 0.1) is 5.69 Å². The molecule has 3 heterocycles. The Bertz CT molecular complexity index is 498. The Morgan fingerprint density at radius 3 is 3.11 bits per heavy atom. The molecule has 2 aromatic heterocycles. The number of nitrogens with zero attached hydrogens (tertiary/aromatic N) is 2. The average Bonchev–Trinajstić information content (AvgIpc) is 3.02. The molecule has 6 heteroatoms. The van der Waals surface area contributed by atoms with E-state index >= 15 is 0 Å². The quantitative estimate of drug-likeness (QED) is 0.943. The van der Waals surface area contributed by atoms with Crippen molar-refractivity contribution in [1.29, 1.82) is 0 Å². The summed E-state index contributed by atoms with van der Waals surface area (Å²) in [7, 11) is 0. The van der Waals surface area contributed by atoms with Crippen LogP contribution in [0, 0.1) is 0 Å². The molecular weight excluding hydrogens is 298 g/mol. The van der Waals surface area contributed by atoms with Gasteiger partial charge in [-0.15, -0.1) is 23.7 Å². The number of nitrogens with one attached hydrogen (secondary N) is 1. The number of halogens is 1. The second-order valence-electron chi connectivity index (χ2n) is 4.68. The Balaban J connectivity index is 0.00000133. The molecule has 19 heavy (non-hydrogen) atoms. The van der Waals surface area contributed by atoms with E-state index in [2.05, 4.69) is 39.3 Å². The van der Waals surface area contributed by atoms with E-state index < -0.39 is 0 Å². The van der Waals surface area contributed by atoms with Crippen LogP contribution in [0.15, 0.2) is 22.2 Å². The number of hydrogen-bond acceptors (Lipinski definition) is 5. The van der Waals surface area contributed by atoms with Gasteiger partial charge in [-0.2, -0.15) is 11.3 Å². The molecule has 104 valence electrons. The van der Waals surface area contributed by atoms with Crippen LogP contribution in [0.4, 0.5) is 0 Å². The number of aromatic nitrogens is 1. The zero-order valence-electron chi connectivity index (χ0n) is 10.8. The molecule has 0 saturated carbocycles. The fourth-order valence-electron chi connectivity index (χ4n) is 2.22. The highest BCUT2D eigenvalue weighted by atomic mass is 35.5. The first-order chi connectivity index (χ1) is 8.83. The van der Waals surface area contributed by atoms with Crippen molar-refractivity contribution >= 4 is 35.1 Å². The third-order valence-electron chi connectivity index (χ3n) is 3.32. The number of piperazine rings is 1. The third-order valence-corrected chi connectivity index (χ3v) is 4.95. The number of hydrogen-bond donors (Lipinski definition) is 1. The van der Waals surface area contributed by atoms with Crippen molar-refractivity contribution in [3.05, 3.63) is 27.9 Å². The molecular formula is C13H18ClN3S2. The normalized spacial score (nSPS) is 20.2. The first kappa shape index (κ1) is 14.9. The molecule has 0 aromatic carbocycles. The highest BCUT2D eigenvalue weighted by molar-refractivity contribution is 7.14. The van der Waals surface area contributed by atoms with Crippen molar-refractivity contribution in [1.82, 2.24) is 15.2 Å². The molecule has 0 spiro atoms. The van der Waals surface area contributed by atoms with Crippen molar-refractivity contribution in [3.8, 4) is 10.6 Å². The molecule has 1 aliphatic heterocycles. The van der Waals surface area contributed by atoms with Gasteiger partial charge >= 0.3 is 0 Å². The highest BCUT2D eigenvalue weighted by Gasteiger charge is 2.18. The van der Waals surface area contributed by atoms with Gasteiger partial charge in [0.15, 0.2) is 0 Å². The summed E-state index contributed by atoms with van der Waals surface area (Å²) in [5, 5.41) is 11.0. The Hall–Kier alpha value is -0.460. The molecule has 1 aliphatic rings. The van der Waals surface area contributed by atoms with Gasteiger partial charge in [-0.1, -0.05) is 0 Å². The predicted molar refractivity (Wildman–Crippen MR) is 85.4 cm³/mol. The van der Waals surface area contributed by atoms with Gasteiger partial charge in [0.2, 0.25) is 0 Å². The molecule has 0 bridgehead atoms. The molecule has 1 saturated heterocycles. The summed E-state index contributed by atoms with van der Waals surface area (Å²) in [6.07, 6.45) is 0. The number of thiophene rings is 1. The smallest absolute Gasteiger partial charge is 0.124 e. The van der Waals surface area contributed by atoms with E-state index in [-0.39, 0.29) is 12.4 Å². The maximum absolute atomic E-state index is 4.74. The topological polar surface area (TPSA) is 28.2 Å². The molecule has 0 radical (unpaired) electrons. The highest BCUT2D eigenvalue weighted by Crippen LogP contribution is 2.26. The summed E-state index contributed by atoms with van der Waals surface area (Å²) in [5.74, 6) is 0. The standard InChI is InChI=1S/C13H17N3S2.ClH/c1-10-6-14-3-4-16(10)7-12-9-18-13(15-12)11-2-5-17-8-11;/h2,5,8-10,14H,3-4,6-7H2,1H3;1H/t10-;/m1./s1. The van der Waals surface area contributed by atoms with Gasteiger partial charge in [0, 0.05) is 48.5 Å². The van der Waals surface area contributed by atoms with E-state index in [1.165, 1.54) is 11.3 Å². The van der Waals surface area contributed by atoms with Crippen LogP contribution in [0.3, 0.4) is 0 Å². The first-order valence-corrected chi connectivity index (χ1v) is 8.07.